The van der Waals surface area contributed by atoms with E-state index in [0.29, 0.717) is 6.04 Å². The minimum atomic E-state index is 0.293. The first-order chi connectivity index (χ1) is 20.2. The van der Waals surface area contributed by atoms with Crippen molar-refractivity contribution in [3.05, 3.63) is 36.7 Å². The van der Waals surface area contributed by atoms with Gasteiger partial charge in [0.25, 0.3) is 0 Å². The zero-order valence-corrected chi connectivity index (χ0v) is 28.2. The van der Waals surface area contributed by atoms with Crippen molar-refractivity contribution >= 4 is 0 Å². The van der Waals surface area contributed by atoms with E-state index in [4.69, 9.17) is 5.73 Å². The number of hydrogen-bond acceptors (Lipinski definition) is 3. The molecule has 0 aliphatic rings. The standard InChI is InChI=1S/C38H75N3/c1-5-7-8-9-10-11-12-13-15-18-21-24-27-30-33-36(3)41-38(6-2)37(4)40-35-32-29-26-23-20-17-14-16-19-22-25-28-31-34-39/h12-13,38,40-41H,3-11,14-35,39H2,1-2H3/b13-12+. The zero-order chi connectivity index (χ0) is 30.1. The van der Waals surface area contributed by atoms with Gasteiger partial charge in [0.1, 0.15) is 0 Å². The monoisotopic (exact) mass is 574 g/mol. The van der Waals surface area contributed by atoms with Crippen LogP contribution in [0.1, 0.15) is 187 Å². The van der Waals surface area contributed by atoms with E-state index >= 15 is 0 Å². The molecule has 0 rings (SSSR count). The van der Waals surface area contributed by atoms with Crippen LogP contribution in [0.2, 0.25) is 0 Å². The second-order valence-corrected chi connectivity index (χ2v) is 12.5. The maximum absolute atomic E-state index is 5.55. The van der Waals surface area contributed by atoms with Gasteiger partial charge >= 0.3 is 0 Å². The minimum absolute atomic E-state index is 0.293. The summed E-state index contributed by atoms with van der Waals surface area (Å²) in [5, 5.41) is 7.24. The molecule has 0 aromatic heterocycles. The number of hydrogen-bond donors (Lipinski definition) is 3. The predicted octanol–water partition coefficient (Wildman–Crippen LogP) is 11.6. The van der Waals surface area contributed by atoms with Gasteiger partial charge in [-0.3, -0.25) is 0 Å². The molecule has 0 heterocycles. The van der Waals surface area contributed by atoms with E-state index in [1.807, 2.05) is 0 Å². The Hall–Kier alpha value is -1.22. The Morgan fingerprint density at radius 1 is 0.585 bits per heavy atom. The number of allylic oxidation sites excluding steroid dienone is 3. The average molecular weight is 574 g/mol. The molecule has 0 aliphatic heterocycles. The van der Waals surface area contributed by atoms with Crippen molar-refractivity contribution in [3.8, 4) is 0 Å². The van der Waals surface area contributed by atoms with Crippen molar-refractivity contribution in [3.63, 3.8) is 0 Å². The molecule has 0 aromatic carbocycles. The summed E-state index contributed by atoms with van der Waals surface area (Å²) in [6, 6.07) is 0.293. The van der Waals surface area contributed by atoms with Gasteiger partial charge in [-0.15, -0.1) is 0 Å². The molecule has 0 aromatic rings. The third-order valence-electron chi connectivity index (χ3n) is 8.43. The fourth-order valence-corrected chi connectivity index (χ4v) is 5.57. The predicted molar refractivity (Wildman–Crippen MR) is 187 cm³/mol. The topological polar surface area (TPSA) is 50.1 Å². The fourth-order valence-electron chi connectivity index (χ4n) is 5.57. The molecular weight excluding hydrogens is 498 g/mol. The Labute approximate surface area is 259 Å². The lowest BCUT2D eigenvalue weighted by Crippen LogP contribution is -2.35. The molecule has 0 radical (unpaired) electrons. The Balaban J connectivity index is 3.57. The van der Waals surface area contributed by atoms with Crippen LogP contribution in [-0.2, 0) is 0 Å². The summed E-state index contributed by atoms with van der Waals surface area (Å²) in [5.74, 6) is 0. The number of rotatable bonds is 34. The number of nitrogens with two attached hydrogens (primary N) is 1. The normalized spacial score (nSPS) is 12.2. The highest BCUT2D eigenvalue weighted by Crippen LogP contribution is 2.14. The van der Waals surface area contributed by atoms with Crippen molar-refractivity contribution in [2.24, 2.45) is 5.73 Å². The van der Waals surface area contributed by atoms with E-state index in [1.54, 1.807) is 0 Å². The Morgan fingerprint density at radius 3 is 1.51 bits per heavy atom. The summed E-state index contributed by atoms with van der Waals surface area (Å²) in [4.78, 5) is 0. The quantitative estimate of drug-likeness (QED) is 0.0530. The van der Waals surface area contributed by atoms with Crippen LogP contribution < -0.4 is 16.4 Å². The van der Waals surface area contributed by atoms with Crippen molar-refractivity contribution in [1.29, 1.82) is 0 Å². The zero-order valence-electron chi connectivity index (χ0n) is 28.2. The van der Waals surface area contributed by atoms with Gasteiger partial charge in [0, 0.05) is 17.9 Å². The van der Waals surface area contributed by atoms with Crippen LogP contribution in [0.4, 0.5) is 0 Å². The van der Waals surface area contributed by atoms with Gasteiger partial charge in [-0.05, 0) is 64.3 Å². The van der Waals surface area contributed by atoms with Gasteiger partial charge in [-0.1, -0.05) is 155 Å². The van der Waals surface area contributed by atoms with Crippen molar-refractivity contribution in [2.75, 3.05) is 13.1 Å². The lowest BCUT2D eigenvalue weighted by molar-refractivity contribution is 0.523. The Kier molecular flexibility index (Phi) is 32.3. The van der Waals surface area contributed by atoms with Crippen molar-refractivity contribution in [1.82, 2.24) is 10.6 Å². The first-order valence-corrected chi connectivity index (χ1v) is 18.4. The Bertz CT molecular complexity index is 582. The van der Waals surface area contributed by atoms with Gasteiger partial charge in [0.15, 0.2) is 0 Å². The SMILES string of the molecule is C=C(CCCCCCC/C=C/CCCCCCC)NC(CC)C(=C)NCCCCCCCCCCCCCCCN. The van der Waals surface area contributed by atoms with Gasteiger partial charge < -0.3 is 16.4 Å². The van der Waals surface area contributed by atoms with E-state index in [2.05, 4.69) is 49.8 Å². The molecule has 242 valence electrons. The van der Waals surface area contributed by atoms with Gasteiger partial charge in [-0.2, -0.15) is 0 Å². The van der Waals surface area contributed by atoms with E-state index in [0.717, 1.165) is 31.6 Å². The molecule has 41 heavy (non-hydrogen) atoms. The maximum Gasteiger partial charge on any atom is 0.0648 e. The van der Waals surface area contributed by atoms with Gasteiger partial charge in [-0.25, -0.2) is 0 Å². The first kappa shape index (κ1) is 39.8. The molecule has 0 amide bonds. The molecule has 0 aliphatic carbocycles. The van der Waals surface area contributed by atoms with Crippen molar-refractivity contribution < 1.29 is 0 Å². The smallest absolute Gasteiger partial charge is 0.0648 e. The van der Waals surface area contributed by atoms with E-state index in [9.17, 15) is 0 Å². The Morgan fingerprint density at radius 2 is 1.02 bits per heavy atom. The summed E-state index contributed by atoms with van der Waals surface area (Å²) in [6.07, 6.45) is 40.7. The average Bonchev–Trinajstić information content (AvgIpc) is 2.97. The first-order valence-electron chi connectivity index (χ1n) is 18.4. The highest BCUT2D eigenvalue weighted by atomic mass is 15.0. The molecule has 0 saturated carbocycles. The van der Waals surface area contributed by atoms with E-state index < -0.39 is 0 Å². The lowest BCUT2D eigenvalue weighted by atomic mass is 10.0. The largest absolute Gasteiger partial charge is 0.387 e. The molecule has 0 saturated heterocycles. The number of nitrogens with one attached hydrogen (secondary N) is 2. The summed E-state index contributed by atoms with van der Waals surface area (Å²) in [7, 11) is 0. The van der Waals surface area contributed by atoms with Crippen LogP contribution in [0.3, 0.4) is 0 Å². The molecule has 0 bridgehead atoms. The second kappa shape index (κ2) is 33.3. The molecule has 1 unspecified atom stereocenters. The van der Waals surface area contributed by atoms with Crippen LogP contribution in [0, 0.1) is 0 Å². The van der Waals surface area contributed by atoms with Crippen LogP contribution in [-0.4, -0.2) is 19.1 Å². The summed E-state index contributed by atoms with van der Waals surface area (Å²) < 4.78 is 0. The fraction of sp³-hybridized carbons (Fsp3) is 0.842. The third-order valence-corrected chi connectivity index (χ3v) is 8.43. The minimum Gasteiger partial charge on any atom is -0.387 e. The highest BCUT2D eigenvalue weighted by molar-refractivity contribution is 5.08. The van der Waals surface area contributed by atoms with Crippen LogP contribution in [0.15, 0.2) is 36.7 Å². The van der Waals surface area contributed by atoms with Crippen LogP contribution in [0.5, 0.6) is 0 Å². The molecular formula is C38H75N3. The van der Waals surface area contributed by atoms with E-state index in [1.165, 1.54) is 166 Å². The lowest BCUT2D eigenvalue weighted by Gasteiger charge is -2.23. The van der Waals surface area contributed by atoms with E-state index in [-0.39, 0.29) is 0 Å². The van der Waals surface area contributed by atoms with Crippen LogP contribution >= 0.6 is 0 Å². The molecule has 0 spiro atoms. The molecule has 1 atom stereocenters. The second-order valence-electron chi connectivity index (χ2n) is 12.5. The molecule has 0 fully saturated rings. The van der Waals surface area contributed by atoms with Crippen LogP contribution in [0.25, 0.3) is 0 Å². The van der Waals surface area contributed by atoms with Gasteiger partial charge in [0.2, 0.25) is 0 Å². The summed E-state index contributed by atoms with van der Waals surface area (Å²) >= 11 is 0. The van der Waals surface area contributed by atoms with Crippen molar-refractivity contribution in [2.45, 2.75) is 193 Å². The number of unbranched alkanes of at least 4 members (excludes halogenated alkanes) is 22. The highest BCUT2D eigenvalue weighted by Gasteiger charge is 2.10. The molecule has 3 nitrogen and oxygen atoms in total. The third kappa shape index (κ3) is 30.1. The summed E-state index contributed by atoms with van der Waals surface area (Å²) in [5.41, 5.74) is 7.86. The molecule has 4 N–H and O–H groups in total. The summed E-state index contributed by atoms with van der Waals surface area (Å²) in [6.45, 7) is 15.1. The molecule has 3 heteroatoms. The maximum atomic E-state index is 5.55. The van der Waals surface area contributed by atoms with Gasteiger partial charge in [0.05, 0.1) is 6.04 Å².